The fourth-order valence-electron chi connectivity index (χ4n) is 3.22. The van der Waals surface area contributed by atoms with Crippen molar-refractivity contribution < 1.29 is 19.1 Å². The van der Waals surface area contributed by atoms with Crippen LogP contribution in [-0.4, -0.2) is 42.6 Å². The van der Waals surface area contributed by atoms with Gasteiger partial charge in [-0.05, 0) is 70.2 Å². The van der Waals surface area contributed by atoms with Crippen LogP contribution in [0.25, 0.3) is 0 Å². The van der Waals surface area contributed by atoms with Crippen LogP contribution in [-0.2, 0) is 14.3 Å². The lowest BCUT2D eigenvalue weighted by Crippen LogP contribution is -2.46. The second-order valence-electron chi connectivity index (χ2n) is 6.82. The highest BCUT2D eigenvalue weighted by Crippen LogP contribution is 2.25. The van der Waals surface area contributed by atoms with Crippen LogP contribution in [0.3, 0.4) is 0 Å². The zero-order chi connectivity index (χ0) is 18.6. The molecule has 0 aliphatic carbocycles. The first kappa shape index (κ1) is 19.3. The first-order valence-electron chi connectivity index (χ1n) is 9.03. The summed E-state index contributed by atoms with van der Waals surface area (Å²) in [5, 5.41) is 0. The van der Waals surface area contributed by atoms with Crippen molar-refractivity contribution in [1.82, 2.24) is 4.90 Å². The fraction of sp³-hybridized carbons (Fsp3) is 0.600. The molecular formula is C20H29NO4. The zero-order valence-electron chi connectivity index (χ0n) is 15.9. The maximum Gasteiger partial charge on any atom is 0.309 e. The minimum absolute atomic E-state index is 0.0270. The van der Waals surface area contributed by atoms with Gasteiger partial charge >= 0.3 is 5.97 Å². The highest BCUT2D eigenvalue weighted by molar-refractivity contribution is 5.81. The third-order valence-electron chi connectivity index (χ3n) is 4.84. The average Bonchev–Trinajstić information content (AvgIpc) is 2.58. The zero-order valence-corrected chi connectivity index (χ0v) is 15.9. The van der Waals surface area contributed by atoms with Gasteiger partial charge in [0.25, 0.3) is 5.91 Å². The Morgan fingerprint density at radius 1 is 1.20 bits per heavy atom. The number of ether oxygens (including phenoxy) is 2. The maximum atomic E-state index is 12.7. The Bertz CT molecular complexity index is 633. The van der Waals surface area contributed by atoms with Gasteiger partial charge in [-0.3, -0.25) is 9.59 Å². The number of likely N-dealkylation sites (tertiary alicyclic amines) is 1. The van der Waals surface area contributed by atoms with Crippen LogP contribution in [0.2, 0.25) is 0 Å². The summed E-state index contributed by atoms with van der Waals surface area (Å²) in [7, 11) is 0. The number of rotatable bonds is 5. The van der Waals surface area contributed by atoms with Gasteiger partial charge < -0.3 is 14.4 Å². The Balaban J connectivity index is 1.94. The van der Waals surface area contributed by atoms with Crippen LogP contribution >= 0.6 is 0 Å². The summed E-state index contributed by atoms with van der Waals surface area (Å²) in [5.74, 6) is 0.493. The molecule has 1 aromatic carbocycles. The molecule has 1 aliphatic heterocycles. The van der Waals surface area contributed by atoms with Crippen LogP contribution in [0.4, 0.5) is 0 Å². The van der Waals surface area contributed by atoms with E-state index in [9.17, 15) is 9.59 Å². The van der Waals surface area contributed by atoms with Gasteiger partial charge in [-0.1, -0.05) is 6.07 Å². The van der Waals surface area contributed by atoms with Crippen molar-refractivity contribution in [3.05, 3.63) is 28.8 Å². The van der Waals surface area contributed by atoms with Crippen molar-refractivity contribution in [2.24, 2.45) is 5.92 Å². The lowest BCUT2D eigenvalue weighted by molar-refractivity contribution is -0.152. The minimum atomic E-state index is -0.543. The lowest BCUT2D eigenvalue weighted by atomic mass is 9.96. The lowest BCUT2D eigenvalue weighted by Gasteiger charge is -2.32. The van der Waals surface area contributed by atoms with Gasteiger partial charge in [0.2, 0.25) is 0 Å². The predicted molar refractivity (Wildman–Crippen MR) is 96.7 cm³/mol. The largest absolute Gasteiger partial charge is 0.481 e. The van der Waals surface area contributed by atoms with Crippen LogP contribution in [0, 0.1) is 26.7 Å². The Hall–Kier alpha value is -2.04. The molecule has 1 aromatic rings. The minimum Gasteiger partial charge on any atom is -0.481 e. The van der Waals surface area contributed by atoms with Gasteiger partial charge in [0.15, 0.2) is 6.10 Å². The molecule has 5 nitrogen and oxygen atoms in total. The number of esters is 1. The van der Waals surface area contributed by atoms with Crippen molar-refractivity contribution in [3.63, 3.8) is 0 Å². The Labute approximate surface area is 150 Å². The van der Waals surface area contributed by atoms with Crippen LogP contribution in [0.1, 0.15) is 43.4 Å². The van der Waals surface area contributed by atoms with E-state index in [0.717, 1.165) is 22.4 Å². The van der Waals surface area contributed by atoms with E-state index in [1.165, 1.54) is 0 Å². The number of carbonyl (C=O) groups is 2. The van der Waals surface area contributed by atoms with Gasteiger partial charge in [-0.25, -0.2) is 0 Å². The van der Waals surface area contributed by atoms with E-state index in [1.807, 2.05) is 33.8 Å². The van der Waals surface area contributed by atoms with Gasteiger partial charge in [-0.15, -0.1) is 0 Å². The molecule has 2 rings (SSSR count). The first-order chi connectivity index (χ1) is 11.8. The molecule has 0 unspecified atom stereocenters. The summed E-state index contributed by atoms with van der Waals surface area (Å²) in [6.45, 7) is 11.2. The second-order valence-corrected chi connectivity index (χ2v) is 6.82. The second kappa shape index (κ2) is 8.37. The summed E-state index contributed by atoms with van der Waals surface area (Å²) in [4.78, 5) is 26.3. The van der Waals surface area contributed by atoms with Gasteiger partial charge in [0.1, 0.15) is 5.75 Å². The molecule has 1 atom stereocenters. The molecule has 138 valence electrons. The van der Waals surface area contributed by atoms with Gasteiger partial charge in [-0.2, -0.15) is 0 Å². The third kappa shape index (κ3) is 4.74. The molecule has 25 heavy (non-hydrogen) atoms. The number of benzene rings is 1. The Morgan fingerprint density at radius 3 is 2.44 bits per heavy atom. The normalized spacial score (nSPS) is 16.4. The van der Waals surface area contributed by atoms with E-state index < -0.39 is 6.10 Å². The number of hydrogen-bond acceptors (Lipinski definition) is 4. The topological polar surface area (TPSA) is 55.8 Å². The van der Waals surface area contributed by atoms with E-state index in [2.05, 4.69) is 6.07 Å². The van der Waals surface area contributed by atoms with Crippen LogP contribution in [0.5, 0.6) is 5.75 Å². The maximum absolute atomic E-state index is 12.7. The third-order valence-corrected chi connectivity index (χ3v) is 4.84. The van der Waals surface area contributed by atoms with E-state index >= 15 is 0 Å². The SMILES string of the molecule is CCOC(=O)C1CCN(C(=O)[C@@H](C)Oc2cc(C)cc(C)c2C)CC1. The van der Waals surface area contributed by atoms with Crippen LogP contribution < -0.4 is 4.74 Å². The van der Waals surface area contributed by atoms with Gasteiger partial charge in [0, 0.05) is 13.1 Å². The highest BCUT2D eigenvalue weighted by atomic mass is 16.5. The fourth-order valence-corrected chi connectivity index (χ4v) is 3.22. The van der Waals surface area contributed by atoms with Crippen LogP contribution in [0.15, 0.2) is 12.1 Å². The molecule has 1 aliphatic rings. The number of amides is 1. The number of hydrogen-bond donors (Lipinski definition) is 0. The Kier molecular flexibility index (Phi) is 6.45. The number of piperidine rings is 1. The van der Waals surface area contributed by atoms with Crippen molar-refractivity contribution in [2.75, 3.05) is 19.7 Å². The Morgan fingerprint density at radius 2 is 1.84 bits per heavy atom. The number of carbonyl (C=O) groups excluding carboxylic acids is 2. The summed E-state index contributed by atoms with van der Waals surface area (Å²) in [6, 6.07) is 4.08. The van der Waals surface area contributed by atoms with E-state index in [1.54, 1.807) is 11.8 Å². The van der Waals surface area contributed by atoms with Crippen molar-refractivity contribution in [3.8, 4) is 5.75 Å². The molecule has 0 N–H and O–H groups in total. The summed E-state index contributed by atoms with van der Waals surface area (Å²) in [6.07, 6.45) is 0.763. The molecule has 0 aromatic heterocycles. The summed E-state index contributed by atoms with van der Waals surface area (Å²) >= 11 is 0. The quantitative estimate of drug-likeness (QED) is 0.768. The monoisotopic (exact) mass is 347 g/mol. The number of nitrogens with zero attached hydrogens (tertiary/aromatic N) is 1. The molecule has 5 heteroatoms. The van der Waals surface area contributed by atoms with Crippen molar-refractivity contribution in [1.29, 1.82) is 0 Å². The molecule has 0 bridgehead atoms. The molecule has 1 fully saturated rings. The molecule has 0 spiro atoms. The summed E-state index contributed by atoms with van der Waals surface area (Å²) < 4.78 is 11.0. The highest BCUT2D eigenvalue weighted by Gasteiger charge is 2.30. The standard InChI is InChI=1S/C20H29NO4/c1-6-24-20(23)17-7-9-21(10-8-17)19(22)16(5)25-18-12-13(2)11-14(3)15(18)4/h11-12,16-17H,6-10H2,1-5H3/t16-/m1/s1. The predicted octanol–water partition coefficient (Wildman–Crippen LogP) is 3.18. The molecule has 1 saturated heterocycles. The molecule has 1 amide bonds. The molecule has 0 radical (unpaired) electrons. The van der Waals surface area contributed by atoms with Crippen molar-refractivity contribution in [2.45, 2.75) is 53.6 Å². The molecule has 0 saturated carbocycles. The van der Waals surface area contributed by atoms with Gasteiger partial charge in [0.05, 0.1) is 12.5 Å². The first-order valence-corrected chi connectivity index (χ1v) is 9.03. The van der Waals surface area contributed by atoms with Crippen molar-refractivity contribution >= 4 is 11.9 Å². The smallest absolute Gasteiger partial charge is 0.309 e. The molecular weight excluding hydrogens is 318 g/mol. The summed E-state index contributed by atoms with van der Waals surface area (Å²) in [5.41, 5.74) is 3.34. The average molecular weight is 347 g/mol. The molecule has 1 heterocycles. The van der Waals surface area contributed by atoms with E-state index in [-0.39, 0.29) is 17.8 Å². The number of aryl methyl sites for hydroxylation is 2. The van der Waals surface area contributed by atoms with E-state index in [0.29, 0.717) is 32.5 Å². The van der Waals surface area contributed by atoms with E-state index in [4.69, 9.17) is 9.47 Å².